The minimum atomic E-state index is -4.15. The average Bonchev–Trinajstić information content (AvgIpc) is 2.08. The summed E-state index contributed by atoms with van der Waals surface area (Å²) in [5.74, 6) is 0.311. The number of methoxy groups -OCH3 is 1. The monoisotopic (exact) mass is 251 g/mol. The van der Waals surface area contributed by atoms with Crippen molar-refractivity contribution < 1.29 is 17.9 Å². The molecule has 86 valence electrons. The molecule has 1 N–H and O–H groups in total. The fraction of sp³-hybridized carbons (Fsp3) is 1.00. The summed E-state index contributed by atoms with van der Waals surface area (Å²) in [6.07, 6.45) is 0. The molecule has 0 amide bonds. The van der Waals surface area contributed by atoms with E-state index in [4.69, 9.17) is 16.3 Å². The van der Waals surface area contributed by atoms with Gasteiger partial charge < -0.3 is 10.1 Å². The van der Waals surface area contributed by atoms with Crippen molar-refractivity contribution in [2.45, 2.75) is 11.6 Å². The van der Waals surface area contributed by atoms with Crippen LogP contribution < -0.4 is 5.32 Å². The van der Waals surface area contributed by atoms with Crippen LogP contribution in [0.2, 0.25) is 0 Å². The molecule has 0 radical (unpaired) electrons. The summed E-state index contributed by atoms with van der Waals surface area (Å²) in [6, 6.07) is -0.0875. The molecule has 0 aromatic heterocycles. The lowest BCUT2D eigenvalue weighted by Crippen LogP contribution is -2.36. The molecular formula is C7H13ClF3NOS. The summed E-state index contributed by atoms with van der Waals surface area (Å²) in [7, 11) is 1.52. The number of hydrogen-bond donors (Lipinski definition) is 1. The van der Waals surface area contributed by atoms with Gasteiger partial charge >= 0.3 is 5.51 Å². The Labute approximate surface area is 90.5 Å². The summed E-state index contributed by atoms with van der Waals surface area (Å²) >= 11 is 5.50. The van der Waals surface area contributed by atoms with Crippen LogP contribution in [0.3, 0.4) is 0 Å². The van der Waals surface area contributed by atoms with Crippen molar-refractivity contribution in [1.29, 1.82) is 0 Å². The zero-order valence-electron chi connectivity index (χ0n) is 7.73. The van der Waals surface area contributed by atoms with Crippen LogP contribution in [-0.4, -0.2) is 43.4 Å². The second-order valence-corrected chi connectivity index (χ2v) is 4.02. The summed E-state index contributed by atoms with van der Waals surface area (Å²) in [5, 5.41) is 2.87. The normalized spacial score (nSPS) is 14.4. The van der Waals surface area contributed by atoms with E-state index in [9.17, 15) is 13.2 Å². The number of hydrogen-bond acceptors (Lipinski definition) is 3. The van der Waals surface area contributed by atoms with Crippen LogP contribution in [0.15, 0.2) is 0 Å². The number of thioether (sulfide) groups is 1. The van der Waals surface area contributed by atoms with Crippen molar-refractivity contribution >= 4 is 23.4 Å². The summed E-state index contributed by atoms with van der Waals surface area (Å²) in [4.78, 5) is 0. The molecule has 0 saturated heterocycles. The standard InChI is InChI=1S/C7H13ClF3NOS/c1-13-5-6(4-8)12-2-3-14-7(9,10)11/h6,12H,2-5H2,1H3. The van der Waals surface area contributed by atoms with E-state index in [1.54, 1.807) is 0 Å². The first-order chi connectivity index (χ1) is 6.49. The summed E-state index contributed by atoms with van der Waals surface area (Å²) < 4.78 is 39.9. The largest absolute Gasteiger partial charge is 0.441 e. The van der Waals surface area contributed by atoms with Crippen molar-refractivity contribution in [2.75, 3.05) is 31.9 Å². The first-order valence-corrected chi connectivity index (χ1v) is 5.50. The van der Waals surface area contributed by atoms with Gasteiger partial charge in [-0.25, -0.2) is 0 Å². The van der Waals surface area contributed by atoms with Crippen LogP contribution in [-0.2, 0) is 4.74 Å². The van der Waals surface area contributed by atoms with E-state index < -0.39 is 5.51 Å². The van der Waals surface area contributed by atoms with Crippen molar-refractivity contribution in [3.63, 3.8) is 0 Å². The Kier molecular flexibility index (Phi) is 7.81. The van der Waals surface area contributed by atoms with E-state index in [0.29, 0.717) is 12.5 Å². The zero-order chi connectivity index (χ0) is 11.0. The molecular weight excluding hydrogens is 239 g/mol. The number of alkyl halides is 4. The van der Waals surface area contributed by atoms with Crippen molar-refractivity contribution in [2.24, 2.45) is 0 Å². The van der Waals surface area contributed by atoms with Crippen molar-refractivity contribution in [3.8, 4) is 0 Å². The van der Waals surface area contributed by atoms with Gasteiger partial charge in [0.15, 0.2) is 0 Å². The first-order valence-electron chi connectivity index (χ1n) is 3.98. The molecule has 0 bridgehead atoms. The predicted molar refractivity (Wildman–Crippen MR) is 52.9 cm³/mol. The van der Waals surface area contributed by atoms with Gasteiger partial charge in [-0.05, 0) is 11.8 Å². The Morgan fingerprint density at radius 1 is 1.50 bits per heavy atom. The Morgan fingerprint density at radius 2 is 2.14 bits per heavy atom. The third-order valence-electron chi connectivity index (χ3n) is 1.35. The maximum Gasteiger partial charge on any atom is 0.441 e. The van der Waals surface area contributed by atoms with E-state index in [-0.39, 0.29) is 30.1 Å². The SMILES string of the molecule is COCC(CCl)NCCSC(F)(F)F. The molecule has 2 nitrogen and oxygen atoms in total. The van der Waals surface area contributed by atoms with Gasteiger partial charge in [-0.3, -0.25) is 0 Å². The van der Waals surface area contributed by atoms with Crippen molar-refractivity contribution in [1.82, 2.24) is 5.32 Å². The number of halogens is 4. The van der Waals surface area contributed by atoms with E-state index in [1.807, 2.05) is 0 Å². The van der Waals surface area contributed by atoms with E-state index in [1.165, 1.54) is 7.11 Å². The van der Waals surface area contributed by atoms with Crippen LogP contribution in [0.4, 0.5) is 13.2 Å². The van der Waals surface area contributed by atoms with Gasteiger partial charge in [0.1, 0.15) is 0 Å². The molecule has 1 atom stereocenters. The molecule has 0 aliphatic heterocycles. The third-order valence-corrected chi connectivity index (χ3v) is 2.46. The highest BCUT2D eigenvalue weighted by molar-refractivity contribution is 8.00. The highest BCUT2D eigenvalue weighted by Crippen LogP contribution is 2.29. The highest BCUT2D eigenvalue weighted by Gasteiger charge is 2.27. The number of ether oxygens (including phenoxy) is 1. The van der Waals surface area contributed by atoms with Crippen LogP contribution >= 0.6 is 23.4 Å². The minimum Gasteiger partial charge on any atom is -0.383 e. The lowest BCUT2D eigenvalue weighted by atomic mass is 10.3. The molecule has 7 heteroatoms. The minimum absolute atomic E-state index is 0.0133. The van der Waals surface area contributed by atoms with E-state index in [0.717, 1.165) is 0 Å². The number of rotatable bonds is 7. The van der Waals surface area contributed by atoms with Crippen LogP contribution in [0.5, 0.6) is 0 Å². The average molecular weight is 252 g/mol. The van der Waals surface area contributed by atoms with Gasteiger partial charge in [-0.15, -0.1) is 11.6 Å². The fourth-order valence-corrected chi connectivity index (χ4v) is 1.44. The molecule has 0 aliphatic carbocycles. The van der Waals surface area contributed by atoms with Crippen molar-refractivity contribution in [3.05, 3.63) is 0 Å². The van der Waals surface area contributed by atoms with Gasteiger partial charge in [0, 0.05) is 31.3 Å². The fourth-order valence-electron chi connectivity index (χ4n) is 0.789. The molecule has 0 rings (SSSR count). The second kappa shape index (κ2) is 7.62. The Hall–Kier alpha value is 0.350. The molecule has 0 aromatic rings. The molecule has 0 aliphatic rings. The molecule has 0 fully saturated rings. The smallest absolute Gasteiger partial charge is 0.383 e. The lowest BCUT2D eigenvalue weighted by Gasteiger charge is -2.14. The molecule has 14 heavy (non-hydrogen) atoms. The van der Waals surface area contributed by atoms with Gasteiger partial charge in [0.25, 0.3) is 0 Å². The van der Waals surface area contributed by atoms with Gasteiger partial charge in [-0.1, -0.05) is 0 Å². The van der Waals surface area contributed by atoms with Crippen LogP contribution in [0.1, 0.15) is 0 Å². The highest BCUT2D eigenvalue weighted by atomic mass is 35.5. The molecule has 0 heterocycles. The Balaban J connectivity index is 3.42. The summed E-state index contributed by atoms with van der Waals surface area (Å²) in [5.41, 5.74) is -4.15. The Morgan fingerprint density at radius 3 is 2.57 bits per heavy atom. The number of nitrogens with one attached hydrogen (secondary N) is 1. The maximum absolute atomic E-state index is 11.7. The van der Waals surface area contributed by atoms with Gasteiger partial charge in [0.2, 0.25) is 0 Å². The van der Waals surface area contributed by atoms with Crippen LogP contribution in [0, 0.1) is 0 Å². The topological polar surface area (TPSA) is 21.3 Å². The first kappa shape index (κ1) is 14.3. The second-order valence-electron chi connectivity index (χ2n) is 2.55. The summed E-state index contributed by atoms with van der Waals surface area (Å²) in [6.45, 7) is 0.672. The zero-order valence-corrected chi connectivity index (χ0v) is 9.31. The predicted octanol–water partition coefficient (Wildman–Crippen LogP) is 2.08. The lowest BCUT2D eigenvalue weighted by molar-refractivity contribution is -0.0327. The van der Waals surface area contributed by atoms with E-state index in [2.05, 4.69) is 5.32 Å². The molecule has 0 spiro atoms. The molecule has 0 aromatic carbocycles. The Bertz CT molecular complexity index is 147. The van der Waals surface area contributed by atoms with Gasteiger partial charge in [-0.2, -0.15) is 13.2 Å². The maximum atomic E-state index is 11.7. The molecule has 0 saturated carbocycles. The van der Waals surface area contributed by atoms with Gasteiger partial charge in [0.05, 0.1) is 6.61 Å². The third kappa shape index (κ3) is 8.93. The molecule has 1 unspecified atom stereocenters. The van der Waals surface area contributed by atoms with E-state index >= 15 is 0 Å². The quantitative estimate of drug-likeness (QED) is 0.553. The van der Waals surface area contributed by atoms with Crippen LogP contribution in [0.25, 0.3) is 0 Å².